The first-order valence-corrected chi connectivity index (χ1v) is 15.2. The molecule has 0 radical (unpaired) electrons. The van der Waals surface area contributed by atoms with Gasteiger partial charge in [0.05, 0.1) is 12.3 Å². The quantitative estimate of drug-likeness (QED) is 0.0779. The molecular formula is C42H31N5O4. The molecule has 9 heteroatoms. The minimum absolute atomic E-state index is 0.0328. The molecule has 0 unspecified atom stereocenters. The van der Waals surface area contributed by atoms with E-state index in [4.69, 9.17) is 21.3 Å². The van der Waals surface area contributed by atoms with Crippen LogP contribution >= 0.6 is 0 Å². The zero-order valence-electron chi connectivity index (χ0n) is 28.1. The highest BCUT2D eigenvalue weighted by molar-refractivity contribution is 5.95. The predicted octanol–water partition coefficient (Wildman–Crippen LogP) is 4.30. The Balaban J connectivity index is 2.09. The van der Waals surface area contributed by atoms with Crippen LogP contribution in [0.15, 0.2) is 70.9 Å². The Morgan fingerprint density at radius 2 is 1.31 bits per heavy atom. The summed E-state index contributed by atoms with van der Waals surface area (Å²) >= 11 is 0. The number of likely N-dealkylation sites (N-methyl/N-ethyl adjacent to an activating group) is 1. The molecule has 51 heavy (non-hydrogen) atoms. The third-order valence-corrected chi connectivity index (χ3v) is 6.12. The van der Waals surface area contributed by atoms with E-state index in [2.05, 4.69) is 130 Å². The number of terminal acetylenes is 1. The van der Waals surface area contributed by atoms with Crippen LogP contribution in [0.5, 0.6) is 0 Å². The molecule has 2 rings (SSSR count). The number of azo groups is 1. The van der Waals surface area contributed by atoms with Crippen LogP contribution in [0.4, 0.5) is 5.69 Å². The van der Waals surface area contributed by atoms with Crippen LogP contribution in [-0.4, -0.2) is 53.4 Å². The SMILES string of the molecule is C#CC#CC#CC#CC#CC#CC#CC#CC#CN(CCN(CC)CC)C(=O)c1ccc(COC(=COC=N)N=Nc2ccc(CO)cc2)cc1. The number of ether oxygens (including phenoxy) is 2. The molecule has 0 bridgehead atoms. The third-order valence-electron chi connectivity index (χ3n) is 6.12. The lowest BCUT2D eigenvalue weighted by atomic mass is 10.1. The Morgan fingerprint density at radius 3 is 1.82 bits per heavy atom. The molecule has 0 aliphatic carbocycles. The van der Waals surface area contributed by atoms with Crippen molar-refractivity contribution in [3.05, 3.63) is 77.4 Å². The smallest absolute Gasteiger partial charge is 0.269 e. The van der Waals surface area contributed by atoms with Gasteiger partial charge in [-0.2, -0.15) is 0 Å². The van der Waals surface area contributed by atoms with E-state index in [0.717, 1.165) is 36.9 Å². The van der Waals surface area contributed by atoms with Gasteiger partial charge < -0.3 is 19.5 Å². The standard InChI is InChI=1S/C42H31N5O4/c1-4-7-8-9-10-11-12-13-14-15-16-17-18-19-20-21-30-47(32-31-46(5-2)6-3)42(49)39-26-22-38(23-27-39)34-51-41(35-50-36-43)45-44-40-28-24-37(33-48)25-29-40/h1,22-29,35-36,43,48H,5-6,31-34H2,2-3H3. The molecule has 0 aliphatic rings. The van der Waals surface area contributed by atoms with E-state index < -0.39 is 0 Å². The van der Waals surface area contributed by atoms with E-state index in [-0.39, 0.29) is 25.0 Å². The highest BCUT2D eigenvalue weighted by atomic mass is 16.5. The molecule has 0 saturated heterocycles. The summed E-state index contributed by atoms with van der Waals surface area (Å²) < 4.78 is 10.6. The van der Waals surface area contributed by atoms with Gasteiger partial charge in [0.15, 0.2) is 12.7 Å². The average molecular weight is 670 g/mol. The van der Waals surface area contributed by atoms with E-state index in [0.29, 0.717) is 24.3 Å². The molecule has 0 spiro atoms. The van der Waals surface area contributed by atoms with Crippen molar-refractivity contribution in [3.8, 4) is 107 Å². The summed E-state index contributed by atoms with van der Waals surface area (Å²) in [7, 11) is 0. The number of hydrogen-bond donors (Lipinski definition) is 2. The molecule has 2 aromatic carbocycles. The Morgan fingerprint density at radius 1 is 0.784 bits per heavy atom. The topological polar surface area (TPSA) is 111 Å². The Labute approximate surface area is 300 Å². The van der Waals surface area contributed by atoms with Crippen LogP contribution in [0.3, 0.4) is 0 Å². The molecule has 248 valence electrons. The minimum atomic E-state index is -0.282. The zero-order valence-corrected chi connectivity index (χ0v) is 28.1. The zero-order chi connectivity index (χ0) is 36.8. The van der Waals surface area contributed by atoms with Crippen molar-refractivity contribution >= 4 is 18.0 Å². The van der Waals surface area contributed by atoms with Gasteiger partial charge in [0.1, 0.15) is 6.61 Å². The molecule has 2 aromatic rings. The van der Waals surface area contributed by atoms with Gasteiger partial charge in [0.25, 0.3) is 11.8 Å². The lowest BCUT2D eigenvalue weighted by Crippen LogP contribution is -2.36. The van der Waals surface area contributed by atoms with Gasteiger partial charge in [-0.3, -0.25) is 15.1 Å². The molecule has 0 aliphatic heterocycles. The summed E-state index contributed by atoms with van der Waals surface area (Å²) in [5.41, 5.74) is 2.46. The molecule has 1 amide bonds. The molecule has 9 nitrogen and oxygen atoms in total. The van der Waals surface area contributed by atoms with Crippen LogP contribution in [0.1, 0.15) is 35.3 Å². The summed E-state index contributed by atoms with van der Waals surface area (Å²) in [6, 6.07) is 16.6. The second-order valence-electron chi connectivity index (χ2n) is 9.33. The van der Waals surface area contributed by atoms with E-state index in [1.165, 1.54) is 4.90 Å². The highest BCUT2D eigenvalue weighted by Crippen LogP contribution is 2.17. The van der Waals surface area contributed by atoms with E-state index >= 15 is 0 Å². The largest absolute Gasteiger partial charge is 0.470 e. The Kier molecular flexibility index (Phi) is 19.9. The summed E-state index contributed by atoms with van der Waals surface area (Å²) in [6.07, 6.45) is 6.86. The number of benzene rings is 2. The van der Waals surface area contributed by atoms with Crippen molar-refractivity contribution in [2.24, 2.45) is 10.2 Å². The Bertz CT molecular complexity index is 2130. The van der Waals surface area contributed by atoms with Crippen molar-refractivity contribution < 1.29 is 19.4 Å². The van der Waals surface area contributed by atoms with Gasteiger partial charge in [-0.05, 0) is 95.8 Å². The summed E-state index contributed by atoms with van der Waals surface area (Å²) in [5.74, 6) is 39.7. The summed E-state index contributed by atoms with van der Waals surface area (Å²) in [6.45, 7) is 6.80. The molecule has 2 N–H and O–H groups in total. The Hall–Kier alpha value is -7.52. The van der Waals surface area contributed by atoms with Crippen molar-refractivity contribution in [1.82, 2.24) is 9.80 Å². The van der Waals surface area contributed by atoms with Crippen molar-refractivity contribution in [1.29, 1.82) is 5.41 Å². The van der Waals surface area contributed by atoms with Gasteiger partial charge in [-0.15, -0.1) is 16.7 Å². The van der Waals surface area contributed by atoms with E-state index in [1.54, 1.807) is 48.5 Å². The first kappa shape index (κ1) is 39.7. The number of carbonyl (C=O) groups is 1. The van der Waals surface area contributed by atoms with Gasteiger partial charge in [-0.1, -0.05) is 38.1 Å². The maximum atomic E-state index is 13.4. The average Bonchev–Trinajstić information content (AvgIpc) is 3.17. The van der Waals surface area contributed by atoms with Gasteiger partial charge in [-0.25, -0.2) is 0 Å². The van der Waals surface area contributed by atoms with Crippen LogP contribution in [0, 0.1) is 113 Å². The first-order valence-electron chi connectivity index (χ1n) is 15.2. The van der Waals surface area contributed by atoms with Crippen molar-refractivity contribution in [2.75, 3.05) is 26.2 Å². The van der Waals surface area contributed by atoms with Crippen molar-refractivity contribution in [2.45, 2.75) is 27.1 Å². The number of aliphatic hydroxyl groups is 1. The van der Waals surface area contributed by atoms with Gasteiger partial charge in [0.2, 0.25) is 0 Å². The second-order valence-corrected chi connectivity index (χ2v) is 9.33. The van der Waals surface area contributed by atoms with Crippen LogP contribution in [0.25, 0.3) is 0 Å². The number of nitrogens with zero attached hydrogens (tertiary/aromatic N) is 4. The predicted molar refractivity (Wildman–Crippen MR) is 196 cm³/mol. The van der Waals surface area contributed by atoms with Crippen LogP contribution in [-0.2, 0) is 22.7 Å². The number of aliphatic hydroxyl groups excluding tert-OH is 1. The number of hydrogen-bond acceptors (Lipinski definition) is 8. The monoisotopic (exact) mass is 669 g/mol. The first-order chi connectivity index (χ1) is 25.0. The van der Waals surface area contributed by atoms with Gasteiger partial charge >= 0.3 is 0 Å². The number of amides is 1. The fourth-order valence-electron chi connectivity index (χ4n) is 3.54. The van der Waals surface area contributed by atoms with E-state index in [9.17, 15) is 9.90 Å². The normalized spacial score (nSPS) is 9.04. The summed E-state index contributed by atoms with van der Waals surface area (Å²) in [4.78, 5) is 17.0. The molecule has 0 saturated carbocycles. The fourth-order valence-corrected chi connectivity index (χ4v) is 3.54. The van der Waals surface area contributed by atoms with Crippen molar-refractivity contribution in [3.63, 3.8) is 0 Å². The van der Waals surface area contributed by atoms with Crippen LogP contribution < -0.4 is 0 Å². The summed E-state index contributed by atoms with van der Waals surface area (Å²) in [5, 5.41) is 24.5. The molecule has 0 fully saturated rings. The lowest BCUT2D eigenvalue weighted by Gasteiger charge is -2.22. The molecule has 0 atom stereocenters. The van der Waals surface area contributed by atoms with E-state index in [1.807, 2.05) is 0 Å². The number of nitrogens with one attached hydrogen (secondary N) is 1. The second kappa shape index (κ2) is 25.6. The maximum Gasteiger partial charge on any atom is 0.269 e. The molecular weight excluding hydrogens is 638 g/mol. The van der Waals surface area contributed by atoms with Gasteiger partial charge in [0, 0.05) is 72.1 Å². The molecule has 0 aromatic heterocycles. The third kappa shape index (κ3) is 17.3. The number of rotatable bonds is 14. The highest BCUT2D eigenvalue weighted by Gasteiger charge is 2.15. The maximum absolute atomic E-state index is 13.4. The fraction of sp³-hybridized carbons (Fsp3) is 0.190. The minimum Gasteiger partial charge on any atom is -0.470 e. The molecule has 0 heterocycles. The lowest BCUT2D eigenvalue weighted by molar-refractivity contribution is 0.0822. The van der Waals surface area contributed by atoms with Crippen LogP contribution in [0.2, 0.25) is 0 Å². The number of carbonyl (C=O) groups excluding carboxylic acids is 1.